The molecule has 0 radical (unpaired) electrons. The lowest BCUT2D eigenvalue weighted by Gasteiger charge is -2.20. The molecule has 19 heavy (non-hydrogen) atoms. The Kier molecular flexibility index (Phi) is 4.19. The minimum Gasteiger partial charge on any atom is -0.378 e. The van der Waals surface area contributed by atoms with Gasteiger partial charge in [-0.2, -0.15) is 5.10 Å². The first-order valence-corrected chi connectivity index (χ1v) is 6.42. The third-order valence-corrected chi connectivity index (χ3v) is 3.23. The van der Waals surface area contributed by atoms with E-state index in [-0.39, 0.29) is 6.04 Å². The van der Waals surface area contributed by atoms with Crippen molar-refractivity contribution in [2.75, 3.05) is 19.0 Å². The Balaban J connectivity index is 2.39. The number of nitrogens with two attached hydrogens (primary N) is 1. The highest BCUT2D eigenvalue weighted by Crippen LogP contribution is 2.24. The van der Waals surface area contributed by atoms with Crippen LogP contribution in [0.25, 0.3) is 0 Å². The number of rotatable bonds is 5. The summed E-state index contributed by atoms with van der Waals surface area (Å²) < 4.78 is 1.95. The van der Waals surface area contributed by atoms with Crippen LogP contribution in [0.15, 0.2) is 36.5 Å². The first-order chi connectivity index (χ1) is 9.17. The first kappa shape index (κ1) is 13.6. The number of hydrogen-bond donors (Lipinski definition) is 2. The van der Waals surface area contributed by atoms with Gasteiger partial charge < -0.3 is 4.90 Å². The fourth-order valence-electron chi connectivity index (χ4n) is 2.19. The summed E-state index contributed by atoms with van der Waals surface area (Å²) >= 11 is 0. The summed E-state index contributed by atoms with van der Waals surface area (Å²) in [4.78, 5) is 2.08. The highest BCUT2D eigenvalue weighted by molar-refractivity contribution is 5.48. The van der Waals surface area contributed by atoms with Crippen LogP contribution < -0.4 is 16.2 Å². The van der Waals surface area contributed by atoms with Crippen LogP contribution in [0.1, 0.15) is 24.2 Å². The number of hydrazine groups is 1. The molecule has 0 saturated heterocycles. The van der Waals surface area contributed by atoms with Crippen molar-refractivity contribution in [2.24, 2.45) is 5.84 Å². The van der Waals surface area contributed by atoms with E-state index in [4.69, 9.17) is 5.84 Å². The third-order valence-electron chi connectivity index (χ3n) is 3.23. The quantitative estimate of drug-likeness (QED) is 0.631. The fraction of sp³-hybridized carbons (Fsp3) is 0.357. The second kappa shape index (κ2) is 5.86. The molecule has 1 heterocycles. The summed E-state index contributed by atoms with van der Waals surface area (Å²) in [5.74, 6) is 5.74. The van der Waals surface area contributed by atoms with E-state index in [1.54, 1.807) is 6.20 Å². The maximum Gasteiger partial charge on any atom is 0.0879 e. The maximum atomic E-state index is 5.74. The van der Waals surface area contributed by atoms with E-state index in [2.05, 4.69) is 40.5 Å². The van der Waals surface area contributed by atoms with Crippen molar-refractivity contribution >= 4 is 5.69 Å². The lowest BCUT2D eigenvalue weighted by molar-refractivity contribution is 0.543. The standard InChI is InChI=1S/C14H21N5/c1-4-19-13(8-9-16-19)14(17-15)11-6-5-7-12(10-11)18(2)3/h5-10,14,17H,4,15H2,1-3H3. The molecular formula is C14H21N5. The SMILES string of the molecule is CCn1nccc1C(NN)c1cccc(N(C)C)c1. The van der Waals surface area contributed by atoms with E-state index in [9.17, 15) is 0 Å². The van der Waals surface area contributed by atoms with E-state index in [0.717, 1.165) is 23.5 Å². The Bertz CT molecular complexity index is 532. The molecule has 1 aromatic carbocycles. The van der Waals surface area contributed by atoms with Gasteiger partial charge in [-0.1, -0.05) is 12.1 Å². The van der Waals surface area contributed by atoms with Crippen LogP contribution in [0.2, 0.25) is 0 Å². The molecule has 3 N–H and O–H groups in total. The zero-order valence-corrected chi connectivity index (χ0v) is 11.7. The summed E-state index contributed by atoms with van der Waals surface area (Å²) in [6.07, 6.45) is 1.80. The average Bonchev–Trinajstić information content (AvgIpc) is 2.88. The van der Waals surface area contributed by atoms with Gasteiger partial charge in [0.05, 0.1) is 11.7 Å². The fourth-order valence-corrected chi connectivity index (χ4v) is 2.19. The molecule has 1 atom stereocenters. The van der Waals surface area contributed by atoms with Crippen LogP contribution in [-0.4, -0.2) is 23.9 Å². The normalized spacial score (nSPS) is 12.4. The molecule has 5 heteroatoms. The number of nitrogens with zero attached hydrogens (tertiary/aromatic N) is 3. The van der Waals surface area contributed by atoms with E-state index < -0.39 is 0 Å². The van der Waals surface area contributed by atoms with Gasteiger partial charge in [0.1, 0.15) is 0 Å². The molecular weight excluding hydrogens is 238 g/mol. The van der Waals surface area contributed by atoms with Crippen molar-refractivity contribution in [3.8, 4) is 0 Å². The summed E-state index contributed by atoms with van der Waals surface area (Å²) in [5.41, 5.74) is 6.23. The lowest BCUT2D eigenvalue weighted by Crippen LogP contribution is -2.30. The average molecular weight is 259 g/mol. The molecule has 102 valence electrons. The highest BCUT2D eigenvalue weighted by Gasteiger charge is 2.16. The number of aromatic nitrogens is 2. The van der Waals surface area contributed by atoms with Crippen LogP contribution in [0.5, 0.6) is 0 Å². The summed E-state index contributed by atoms with van der Waals surface area (Å²) in [6.45, 7) is 2.90. The van der Waals surface area contributed by atoms with Gasteiger partial charge in [-0.05, 0) is 30.7 Å². The third kappa shape index (κ3) is 2.77. The van der Waals surface area contributed by atoms with Crippen molar-refractivity contribution in [3.05, 3.63) is 47.8 Å². The number of aryl methyl sites for hydroxylation is 1. The molecule has 5 nitrogen and oxygen atoms in total. The van der Waals surface area contributed by atoms with Gasteiger partial charge in [0.2, 0.25) is 0 Å². The molecule has 0 spiro atoms. The Hall–Kier alpha value is -1.85. The summed E-state index contributed by atoms with van der Waals surface area (Å²) in [6, 6.07) is 10.3. The van der Waals surface area contributed by atoms with Crippen LogP contribution in [-0.2, 0) is 6.54 Å². The predicted octanol–water partition coefficient (Wildman–Crippen LogP) is 1.52. The van der Waals surface area contributed by atoms with Gasteiger partial charge in [0.25, 0.3) is 0 Å². The number of benzene rings is 1. The van der Waals surface area contributed by atoms with Gasteiger partial charge >= 0.3 is 0 Å². The molecule has 0 aliphatic carbocycles. The Morgan fingerprint density at radius 2 is 2.16 bits per heavy atom. The second-order valence-electron chi connectivity index (χ2n) is 4.66. The van der Waals surface area contributed by atoms with Crippen LogP contribution >= 0.6 is 0 Å². The molecule has 0 aliphatic heterocycles. The molecule has 2 aromatic rings. The molecule has 0 bridgehead atoms. The minimum absolute atomic E-state index is 0.0534. The number of anilines is 1. The number of hydrogen-bond acceptors (Lipinski definition) is 4. The Morgan fingerprint density at radius 1 is 1.37 bits per heavy atom. The highest BCUT2D eigenvalue weighted by atomic mass is 15.3. The predicted molar refractivity (Wildman–Crippen MR) is 77.8 cm³/mol. The molecule has 1 unspecified atom stereocenters. The van der Waals surface area contributed by atoms with Crippen molar-refractivity contribution in [3.63, 3.8) is 0 Å². The topological polar surface area (TPSA) is 59.1 Å². The van der Waals surface area contributed by atoms with E-state index >= 15 is 0 Å². The lowest BCUT2D eigenvalue weighted by atomic mass is 10.0. The van der Waals surface area contributed by atoms with Crippen LogP contribution in [0.3, 0.4) is 0 Å². The molecule has 0 saturated carbocycles. The molecule has 0 aliphatic rings. The van der Waals surface area contributed by atoms with Crippen LogP contribution in [0.4, 0.5) is 5.69 Å². The van der Waals surface area contributed by atoms with Crippen molar-refractivity contribution < 1.29 is 0 Å². The monoisotopic (exact) mass is 259 g/mol. The first-order valence-electron chi connectivity index (χ1n) is 6.42. The van der Waals surface area contributed by atoms with E-state index in [1.807, 2.05) is 30.9 Å². The van der Waals surface area contributed by atoms with Gasteiger partial charge in [-0.15, -0.1) is 0 Å². The second-order valence-corrected chi connectivity index (χ2v) is 4.66. The van der Waals surface area contributed by atoms with Gasteiger partial charge in [0, 0.05) is 32.5 Å². The smallest absolute Gasteiger partial charge is 0.0879 e. The van der Waals surface area contributed by atoms with Gasteiger partial charge in [-0.25, -0.2) is 5.43 Å². The largest absolute Gasteiger partial charge is 0.378 e. The van der Waals surface area contributed by atoms with Gasteiger partial charge in [0.15, 0.2) is 0 Å². The zero-order valence-electron chi connectivity index (χ0n) is 11.7. The Morgan fingerprint density at radius 3 is 2.79 bits per heavy atom. The van der Waals surface area contributed by atoms with Gasteiger partial charge in [-0.3, -0.25) is 10.5 Å². The summed E-state index contributed by atoms with van der Waals surface area (Å²) in [7, 11) is 4.06. The van der Waals surface area contributed by atoms with E-state index in [1.165, 1.54) is 0 Å². The van der Waals surface area contributed by atoms with E-state index in [0.29, 0.717) is 0 Å². The van der Waals surface area contributed by atoms with Crippen LogP contribution in [0, 0.1) is 0 Å². The van der Waals surface area contributed by atoms with Crippen molar-refractivity contribution in [2.45, 2.75) is 19.5 Å². The molecule has 0 fully saturated rings. The summed E-state index contributed by atoms with van der Waals surface area (Å²) in [5, 5.41) is 4.30. The molecule has 1 aromatic heterocycles. The zero-order chi connectivity index (χ0) is 13.8. The van der Waals surface area contributed by atoms with Crippen molar-refractivity contribution in [1.29, 1.82) is 0 Å². The Labute approximate surface area is 114 Å². The molecule has 2 rings (SSSR count). The minimum atomic E-state index is -0.0534. The number of nitrogens with one attached hydrogen (secondary N) is 1. The maximum absolute atomic E-state index is 5.74. The molecule has 0 amide bonds. The van der Waals surface area contributed by atoms with Crippen molar-refractivity contribution in [1.82, 2.24) is 15.2 Å².